The molecule has 0 aliphatic rings. The van der Waals surface area contributed by atoms with E-state index in [2.05, 4.69) is 31.2 Å². The average Bonchev–Trinajstić information content (AvgIpc) is 2.91. The number of aromatic carboxylic acids is 1. The number of rotatable bonds is 4. The molecule has 22 heavy (non-hydrogen) atoms. The molecule has 3 aromatic rings. The van der Waals surface area contributed by atoms with Crippen molar-refractivity contribution in [1.29, 1.82) is 0 Å². The molecular weight excluding hydrogens is 294 g/mol. The Labute approximate surface area is 133 Å². The van der Waals surface area contributed by atoms with E-state index in [0.29, 0.717) is 12.1 Å². The SMILES string of the molecule is CSc1cc(C(=O)O)c2c(ccn2Cc2ccc(C)cc2)c1. The zero-order valence-electron chi connectivity index (χ0n) is 12.5. The Kier molecular flexibility index (Phi) is 3.94. The summed E-state index contributed by atoms with van der Waals surface area (Å²) in [7, 11) is 0. The van der Waals surface area contributed by atoms with Gasteiger partial charge in [0.15, 0.2) is 0 Å². The van der Waals surface area contributed by atoms with Gasteiger partial charge in [-0.2, -0.15) is 0 Å². The lowest BCUT2D eigenvalue weighted by Crippen LogP contribution is -2.04. The van der Waals surface area contributed by atoms with Gasteiger partial charge in [-0.15, -0.1) is 11.8 Å². The molecule has 0 spiro atoms. The Morgan fingerprint density at radius 2 is 1.91 bits per heavy atom. The van der Waals surface area contributed by atoms with E-state index in [1.54, 1.807) is 17.8 Å². The number of carboxylic acids is 1. The number of carboxylic acid groups (broad SMARTS) is 1. The number of benzene rings is 2. The quantitative estimate of drug-likeness (QED) is 0.725. The molecule has 1 N–H and O–H groups in total. The predicted octanol–water partition coefficient (Wildman–Crippen LogP) is 4.42. The van der Waals surface area contributed by atoms with Crippen LogP contribution in [-0.2, 0) is 6.54 Å². The maximum absolute atomic E-state index is 11.6. The number of aromatic nitrogens is 1. The molecule has 3 rings (SSSR count). The van der Waals surface area contributed by atoms with Gasteiger partial charge in [0.2, 0.25) is 0 Å². The summed E-state index contributed by atoms with van der Waals surface area (Å²) in [4.78, 5) is 12.6. The summed E-state index contributed by atoms with van der Waals surface area (Å²) in [6.07, 6.45) is 3.91. The summed E-state index contributed by atoms with van der Waals surface area (Å²) in [5, 5.41) is 10.5. The number of aryl methyl sites for hydroxylation is 1. The number of carbonyl (C=O) groups is 1. The van der Waals surface area contributed by atoms with Crippen LogP contribution in [0.5, 0.6) is 0 Å². The van der Waals surface area contributed by atoms with Crippen molar-refractivity contribution in [1.82, 2.24) is 4.57 Å². The monoisotopic (exact) mass is 311 g/mol. The van der Waals surface area contributed by atoms with Crippen molar-refractivity contribution < 1.29 is 9.90 Å². The summed E-state index contributed by atoms with van der Waals surface area (Å²) >= 11 is 1.56. The van der Waals surface area contributed by atoms with E-state index in [4.69, 9.17) is 0 Å². The highest BCUT2D eigenvalue weighted by Crippen LogP contribution is 2.27. The van der Waals surface area contributed by atoms with Gasteiger partial charge < -0.3 is 9.67 Å². The fraction of sp³-hybridized carbons (Fsp3) is 0.167. The third kappa shape index (κ3) is 2.74. The van der Waals surface area contributed by atoms with Gasteiger partial charge in [-0.3, -0.25) is 0 Å². The van der Waals surface area contributed by atoms with E-state index in [1.807, 2.05) is 29.2 Å². The molecule has 0 atom stereocenters. The van der Waals surface area contributed by atoms with Crippen LogP contribution < -0.4 is 0 Å². The van der Waals surface area contributed by atoms with E-state index in [1.165, 1.54) is 5.56 Å². The Morgan fingerprint density at radius 1 is 1.18 bits per heavy atom. The molecule has 112 valence electrons. The summed E-state index contributed by atoms with van der Waals surface area (Å²) in [6.45, 7) is 2.73. The number of thioether (sulfide) groups is 1. The molecule has 0 bridgehead atoms. The van der Waals surface area contributed by atoms with Crippen molar-refractivity contribution in [3.05, 3.63) is 65.4 Å². The van der Waals surface area contributed by atoms with Crippen molar-refractivity contribution >= 4 is 28.6 Å². The van der Waals surface area contributed by atoms with E-state index >= 15 is 0 Å². The fourth-order valence-corrected chi connectivity index (χ4v) is 3.11. The molecule has 0 unspecified atom stereocenters. The molecule has 0 aliphatic carbocycles. The second kappa shape index (κ2) is 5.89. The van der Waals surface area contributed by atoms with Crippen molar-refractivity contribution in [2.45, 2.75) is 18.4 Å². The lowest BCUT2D eigenvalue weighted by molar-refractivity contribution is 0.0698. The minimum absolute atomic E-state index is 0.360. The lowest BCUT2D eigenvalue weighted by Gasteiger charge is -2.09. The molecule has 0 saturated carbocycles. The Morgan fingerprint density at radius 3 is 2.55 bits per heavy atom. The molecule has 0 amide bonds. The first-order valence-electron chi connectivity index (χ1n) is 7.04. The highest BCUT2D eigenvalue weighted by Gasteiger charge is 2.14. The van der Waals surface area contributed by atoms with Gasteiger partial charge in [0.1, 0.15) is 0 Å². The molecule has 1 heterocycles. The van der Waals surface area contributed by atoms with Crippen LogP contribution in [0.15, 0.2) is 53.6 Å². The molecule has 1 aromatic heterocycles. The molecule has 0 radical (unpaired) electrons. The van der Waals surface area contributed by atoms with Gasteiger partial charge in [-0.25, -0.2) is 4.79 Å². The Balaban J connectivity index is 2.10. The van der Waals surface area contributed by atoms with Gasteiger partial charge in [0, 0.05) is 23.0 Å². The molecule has 2 aromatic carbocycles. The third-order valence-corrected chi connectivity index (χ3v) is 4.48. The van der Waals surface area contributed by atoms with E-state index < -0.39 is 5.97 Å². The Hall–Kier alpha value is -2.20. The van der Waals surface area contributed by atoms with Gasteiger partial charge >= 0.3 is 5.97 Å². The number of nitrogens with zero attached hydrogens (tertiary/aromatic N) is 1. The van der Waals surface area contributed by atoms with Crippen LogP contribution in [0.4, 0.5) is 0 Å². The Bertz CT molecular complexity index is 834. The van der Waals surface area contributed by atoms with Crippen molar-refractivity contribution in [3.63, 3.8) is 0 Å². The summed E-state index contributed by atoms with van der Waals surface area (Å²) in [5.41, 5.74) is 3.52. The average molecular weight is 311 g/mol. The van der Waals surface area contributed by atoms with Crippen LogP contribution in [0.1, 0.15) is 21.5 Å². The first-order valence-corrected chi connectivity index (χ1v) is 8.26. The molecule has 3 nitrogen and oxygen atoms in total. The molecule has 0 aliphatic heterocycles. The van der Waals surface area contributed by atoms with Crippen LogP contribution in [0.25, 0.3) is 10.9 Å². The van der Waals surface area contributed by atoms with Crippen molar-refractivity contribution in [3.8, 4) is 0 Å². The molecule has 0 saturated heterocycles. The first kappa shape index (κ1) is 14.7. The molecular formula is C18H17NO2S. The normalized spacial score (nSPS) is 11.0. The summed E-state index contributed by atoms with van der Waals surface area (Å²) in [5.74, 6) is -0.884. The van der Waals surface area contributed by atoms with Crippen molar-refractivity contribution in [2.24, 2.45) is 0 Å². The second-order valence-electron chi connectivity index (χ2n) is 5.35. The third-order valence-electron chi connectivity index (χ3n) is 3.77. The smallest absolute Gasteiger partial charge is 0.337 e. The van der Waals surface area contributed by atoms with Crippen LogP contribution in [0, 0.1) is 6.92 Å². The minimum atomic E-state index is -0.884. The highest BCUT2D eigenvalue weighted by atomic mass is 32.2. The summed E-state index contributed by atoms with van der Waals surface area (Å²) in [6, 6.07) is 14.1. The summed E-state index contributed by atoms with van der Waals surface area (Å²) < 4.78 is 2.01. The van der Waals surface area contributed by atoms with Crippen LogP contribution >= 0.6 is 11.8 Å². The van der Waals surface area contributed by atoms with E-state index in [-0.39, 0.29) is 0 Å². The molecule has 4 heteroatoms. The highest BCUT2D eigenvalue weighted by molar-refractivity contribution is 7.98. The van der Waals surface area contributed by atoms with Gasteiger partial charge in [0.25, 0.3) is 0 Å². The van der Waals surface area contributed by atoms with E-state index in [0.717, 1.165) is 21.4 Å². The fourth-order valence-electron chi connectivity index (χ4n) is 2.62. The van der Waals surface area contributed by atoms with E-state index in [9.17, 15) is 9.90 Å². The predicted molar refractivity (Wildman–Crippen MR) is 91.0 cm³/mol. The van der Waals surface area contributed by atoms with Crippen LogP contribution in [0.3, 0.4) is 0 Å². The molecule has 0 fully saturated rings. The largest absolute Gasteiger partial charge is 0.478 e. The van der Waals surface area contributed by atoms with Crippen LogP contribution in [-0.4, -0.2) is 21.9 Å². The standard InChI is InChI=1S/C18H17NO2S/c1-12-3-5-13(6-4-12)11-19-8-7-14-9-15(22-2)10-16(17(14)19)18(20)21/h3-10H,11H2,1-2H3,(H,20,21). The topological polar surface area (TPSA) is 42.2 Å². The van der Waals surface area contributed by atoms with Crippen LogP contribution in [0.2, 0.25) is 0 Å². The zero-order valence-corrected chi connectivity index (χ0v) is 13.4. The number of hydrogen-bond donors (Lipinski definition) is 1. The minimum Gasteiger partial charge on any atom is -0.478 e. The number of hydrogen-bond acceptors (Lipinski definition) is 2. The maximum atomic E-state index is 11.6. The lowest BCUT2D eigenvalue weighted by atomic mass is 10.1. The van der Waals surface area contributed by atoms with Crippen molar-refractivity contribution in [2.75, 3.05) is 6.26 Å². The van der Waals surface area contributed by atoms with Gasteiger partial charge in [-0.1, -0.05) is 29.8 Å². The first-order chi connectivity index (χ1) is 10.6. The number of fused-ring (bicyclic) bond motifs is 1. The second-order valence-corrected chi connectivity index (χ2v) is 6.23. The zero-order chi connectivity index (χ0) is 15.7. The maximum Gasteiger partial charge on any atom is 0.337 e. The van der Waals surface area contributed by atoms with Gasteiger partial charge in [0.05, 0.1) is 11.1 Å². The van der Waals surface area contributed by atoms with Gasteiger partial charge in [-0.05, 0) is 36.9 Å².